The molecule has 1 unspecified atom stereocenters. The standard InChI is InChI=1S/C14H14N2O3.C11H21N.C2H6/c1-8-2-3-10-9(6-8)7-16(14(10)19)11-4-5-12(17)15-13(11)18;1-11(7-8-11)9-12-10-5-3-2-4-6-10;1-2/h2-3,6,11H,4-5,7H2,1H3,(H,15,17,18);10,12H,2-9H2,1H3;1-2H3. The number of nitrogens with one attached hydrogen (secondary N) is 2. The first-order valence-electron chi connectivity index (χ1n) is 12.8. The van der Waals surface area contributed by atoms with E-state index in [-0.39, 0.29) is 24.1 Å². The maximum Gasteiger partial charge on any atom is 0.255 e. The molecule has 0 radical (unpaired) electrons. The number of fused-ring (bicyclic) bond motifs is 1. The molecule has 5 rings (SSSR count). The van der Waals surface area contributed by atoms with Crippen LogP contribution in [0.4, 0.5) is 0 Å². The zero-order valence-corrected chi connectivity index (χ0v) is 20.8. The van der Waals surface area contributed by atoms with Gasteiger partial charge in [0.25, 0.3) is 5.91 Å². The van der Waals surface area contributed by atoms with Crippen LogP contribution in [0.2, 0.25) is 0 Å². The molecule has 6 heteroatoms. The molecular weight excluding hydrogens is 414 g/mol. The second-order valence-electron chi connectivity index (χ2n) is 10.1. The van der Waals surface area contributed by atoms with Crippen LogP contribution in [0.1, 0.15) is 100 Å². The van der Waals surface area contributed by atoms with Gasteiger partial charge in [-0.2, -0.15) is 0 Å². The normalized spacial score (nSPS) is 23.6. The Bertz CT molecular complexity index is 856. The highest BCUT2D eigenvalue weighted by atomic mass is 16.2. The monoisotopic (exact) mass is 455 g/mol. The lowest BCUT2D eigenvalue weighted by Crippen LogP contribution is -2.52. The van der Waals surface area contributed by atoms with Crippen LogP contribution in [0.15, 0.2) is 18.2 Å². The van der Waals surface area contributed by atoms with Gasteiger partial charge in [-0.05, 0) is 56.1 Å². The molecule has 3 amide bonds. The number of hydrogen-bond acceptors (Lipinski definition) is 4. The number of nitrogens with zero attached hydrogens (tertiary/aromatic N) is 1. The Morgan fingerprint density at radius 2 is 1.76 bits per heavy atom. The zero-order chi connectivity index (χ0) is 24.0. The summed E-state index contributed by atoms with van der Waals surface area (Å²) in [5.41, 5.74) is 3.40. The van der Waals surface area contributed by atoms with Crippen molar-refractivity contribution in [3.63, 3.8) is 0 Å². The molecule has 2 aliphatic heterocycles. The average Bonchev–Trinajstić information content (AvgIpc) is 3.47. The molecule has 1 aromatic carbocycles. The van der Waals surface area contributed by atoms with Crippen LogP contribution < -0.4 is 10.6 Å². The molecule has 4 aliphatic rings. The maximum atomic E-state index is 12.3. The van der Waals surface area contributed by atoms with Crippen molar-refractivity contribution in [1.82, 2.24) is 15.5 Å². The van der Waals surface area contributed by atoms with Crippen LogP contribution >= 0.6 is 0 Å². The molecule has 33 heavy (non-hydrogen) atoms. The largest absolute Gasteiger partial charge is 0.322 e. The van der Waals surface area contributed by atoms with Crippen molar-refractivity contribution in [3.8, 4) is 0 Å². The number of rotatable bonds is 4. The average molecular weight is 456 g/mol. The summed E-state index contributed by atoms with van der Waals surface area (Å²) in [4.78, 5) is 36.8. The van der Waals surface area contributed by atoms with E-state index >= 15 is 0 Å². The fourth-order valence-electron chi connectivity index (χ4n) is 4.79. The minimum absolute atomic E-state index is 0.121. The van der Waals surface area contributed by atoms with Gasteiger partial charge in [-0.15, -0.1) is 0 Å². The van der Waals surface area contributed by atoms with Crippen LogP contribution in [-0.4, -0.2) is 41.2 Å². The third kappa shape index (κ3) is 6.66. The smallest absolute Gasteiger partial charge is 0.255 e. The fourth-order valence-corrected chi connectivity index (χ4v) is 4.79. The number of carbonyl (C=O) groups excluding carboxylic acids is 3. The predicted molar refractivity (Wildman–Crippen MR) is 131 cm³/mol. The Morgan fingerprint density at radius 3 is 2.39 bits per heavy atom. The molecule has 2 aliphatic carbocycles. The molecule has 3 fully saturated rings. The SMILES string of the molecule is CC.CC1(CNC2CCCCC2)CC1.Cc1ccc2c(c1)CN(C1CCC(=O)NC1=O)C2=O. The number of imide groups is 1. The molecule has 2 N–H and O–H groups in total. The molecule has 2 saturated carbocycles. The minimum Gasteiger partial charge on any atom is -0.322 e. The number of piperidine rings is 1. The van der Waals surface area contributed by atoms with Crippen molar-refractivity contribution in [2.24, 2.45) is 5.41 Å². The topological polar surface area (TPSA) is 78.5 Å². The van der Waals surface area contributed by atoms with E-state index in [4.69, 9.17) is 0 Å². The number of benzene rings is 1. The summed E-state index contributed by atoms with van der Waals surface area (Å²) >= 11 is 0. The highest BCUT2D eigenvalue weighted by Crippen LogP contribution is 2.44. The molecule has 0 aromatic heterocycles. The van der Waals surface area contributed by atoms with E-state index in [9.17, 15) is 14.4 Å². The van der Waals surface area contributed by atoms with E-state index in [0.29, 0.717) is 23.9 Å². The van der Waals surface area contributed by atoms with E-state index < -0.39 is 6.04 Å². The van der Waals surface area contributed by atoms with Gasteiger partial charge in [-0.25, -0.2) is 0 Å². The van der Waals surface area contributed by atoms with Gasteiger partial charge in [0, 0.05) is 31.1 Å². The predicted octanol–water partition coefficient (Wildman–Crippen LogP) is 4.49. The third-order valence-corrected chi connectivity index (χ3v) is 7.21. The van der Waals surface area contributed by atoms with Crippen LogP contribution in [0.5, 0.6) is 0 Å². The van der Waals surface area contributed by atoms with Gasteiger partial charge in [0.05, 0.1) is 0 Å². The summed E-state index contributed by atoms with van der Waals surface area (Å²) in [5.74, 6) is -0.750. The number of carbonyl (C=O) groups is 3. The van der Waals surface area contributed by atoms with Gasteiger partial charge in [0.2, 0.25) is 11.8 Å². The van der Waals surface area contributed by atoms with Crippen molar-refractivity contribution in [3.05, 3.63) is 34.9 Å². The van der Waals surface area contributed by atoms with Gasteiger partial charge < -0.3 is 10.2 Å². The van der Waals surface area contributed by atoms with Gasteiger partial charge in [-0.1, -0.05) is 57.7 Å². The Morgan fingerprint density at radius 1 is 1.06 bits per heavy atom. The summed E-state index contributed by atoms with van der Waals surface area (Å²) in [7, 11) is 0. The highest BCUT2D eigenvalue weighted by molar-refractivity contribution is 6.05. The molecule has 0 bridgehead atoms. The van der Waals surface area contributed by atoms with Crippen LogP contribution in [0, 0.1) is 12.3 Å². The van der Waals surface area contributed by atoms with Crippen molar-refractivity contribution in [2.45, 2.75) is 104 Å². The van der Waals surface area contributed by atoms with E-state index in [2.05, 4.69) is 17.6 Å². The van der Waals surface area contributed by atoms with Gasteiger partial charge in [0.15, 0.2) is 0 Å². The quantitative estimate of drug-likeness (QED) is 0.656. The maximum absolute atomic E-state index is 12.3. The number of aryl methyl sites for hydroxylation is 1. The van der Waals surface area contributed by atoms with Crippen molar-refractivity contribution >= 4 is 17.7 Å². The first kappa shape index (κ1) is 25.4. The Hall–Kier alpha value is -2.21. The van der Waals surface area contributed by atoms with Crippen LogP contribution in [-0.2, 0) is 16.1 Å². The summed E-state index contributed by atoms with van der Waals surface area (Å²) in [5, 5.41) is 6.02. The van der Waals surface area contributed by atoms with E-state index in [1.165, 1.54) is 51.5 Å². The molecule has 0 spiro atoms. The molecule has 1 saturated heterocycles. The van der Waals surface area contributed by atoms with Crippen LogP contribution in [0.3, 0.4) is 0 Å². The van der Waals surface area contributed by atoms with Crippen molar-refractivity contribution in [1.29, 1.82) is 0 Å². The summed E-state index contributed by atoms with van der Waals surface area (Å²) in [6.07, 6.45) is 10.8. The Balaban J connectivity index is 0.000000188. The van der Waals surface area contributed by atoms with E-state index in [1.807, 2.05) is 32.9 Å². The first-order valence-corrected chi connectivity index (χ1v) is 12.8. The highest BCUT2D eigenvalue weighted by Gasteiger charge is 2.39. The molecule has 6 nitrogen and oxygen atoms in total. The van der Waals surface area contributed by atoms with E-state index in [0.717, 1.165) is 17.2 Å². The molecule has 1 atom stereocenters. The van der Waals surface area contributed by atoms with Gasteiger partial charge in [0.1, 0.15) is 6.04 Å². The summed E-state index contributed by atoms with van der Waals surface area (Å²) < 4.78 is 0. The van der Waals surface area contributed by atoms with Gasteiger partial charge in [-0.3, -0.25) is 19.7 Å². The Labute approximate surface area is 198 Å². The Kier molecular flexibility index (Phi) is 8.69. The second-order valence-corrected chi connectivity index (χ2v) is 10.1. The van der Waals surface area contributed by atoms with Gasteiger partial charge >= 0.3 is 0 Å². The third-order valence-electron chi connectivity index (χ3n) is 7.21. The van der Waals surface area contributed by atoms with E-state index in [1.54, 1.807) is 11.0 Å². The fraction of sp³-hybridized carbons (Fsp3) is 0.667. The lowest BCUT2D eigenvalue weighted by atomic mass is 9.95. The lowest BCUT2D eigenvalue weighted by Gasteiger charge is -2.29. The summed E-state index contributed by atoms with van der Waals surface area (Å²) in [6, 6.07) is 6.00. The zero-order valence-electron chi connectivity index (χ0n) is 20.8. The molecule has 182 valence electrons. The number of hydrogen-bond donors (Lipinski definition) is 2. The van der Waals surface area contributed by atoms with Crippen LogP contribution in [0.25, 0.3) is 0 Å². The molecule has 1 aromatic rings. The first-order chi connectivity index (χ1) is 15.8. The molecule has 2 heterocycles. The molecular formula is C27H41N3O3. The van der Waals surface area contributed by atoms with Crippen molar-refractivity contribution < 1.29 is 14.4 Å². The number of amides is 3. The minimum atomic E-state index is -0.530. The lowest BCUT2D eigenvalue weighted by molar-refractivity contribution is -0.136. The van der Waals surface area contributed by atoms with Crippen molar-refractivity contribution in [2.75, 3.05) is 6.54 Å². The second kappa shape index (κ2) is 11.3. The summed E-state index contributed by atoms with van der Waals surface area (Å²) in [6.45, 7) is 10.1.